The topological polar surface area (TPSA) is 65.4 Å². The molecule has 0 fully saturated rings. The van der Waals surface area contributed by atoms with Crippen LogP contribution in [0.25, 0.3) is 16.7 Å². The Morgan fingerprint density at radius 1 is 1.18 bits per heavy atom. The molecule has 2 aromatic carbocycles. The number of imidazole rings is 1. The van der Waals surface area contributed by atoms with Crippen LogP contribution in [-0.4, -0.2) is 42.3 Å². The van der Waals surface area contributed by atoms with E-state index in [-0.39, 0.29) is 5.91 Å². The van der Waals surface area contributed by atoms with Crippen molar-refractivity contribution in [1.82, 2.24) is 14.9 Å². The van der Waals surface area contributed by atoms with Crippen molar-refractivity contribution in [1.29, 1.82) is 0 Å². The Balaban J connectivity index is 1.88. The molecule has 0 aliphatic heterocycles. The van der Waals surface area contributed by atoms with Gasteiger partial charge >= 0.3 is 0 Å². The molecular weight excluding hydrogens is 354 g/mol. The summed E-state index contributed by atoms with van der Waals surface area (Å²) >= 11 is 0. The molecule has 1 amide bonds. The molecule has 1 heterocycles. The van der Waals surface area contributed by atoms with Crippen molar-refractivity contribution in [3.8, 4) is 11.4 Å². The first-order chi connectivity index (χ1) is 13.5. The molecule has 0 radical (unpaired) electrons. The minimum atomic E-state index is -0.0984. The maximum absolute atomic E-state index is 12.4. The molecular formula is C22H27N3O3. The second-order valence-corrected chi connectivity index (χ2v) is 6.68. The maximum Gasteiger partial charge on any atom is 0.251 e. The van der Waals surface area contributed by atoms with E-state index in [1.807, 2.05) is 51.1 Å². The van der Waals surface area contributed by atoms with Crippen LogP contribution in [-0.2, 0) is 4.74 Å². The van der Waals surface area contributed by atoms with Gasteiger partial charge in [0.2, 0.25) is 0 Å². The number of aromatic nitrogens is 2. The van der Waals surface area contributed by atoms with Gasteiger partial charge in [0, 0.05) is 25.3 Å². The van der Waals surface area contributed by atoms with E-state index in [1.165, 1.54) is 0 Å². The zero-order valence-electron chi connectivity index (χ0n) is 16.9. The van der Waals surface area contributed by atoms with Crippen LogP contribution < -0.4 is 10.1 Å². The molecule has 0 aliphatic carbocycles. The number of amides is 1. The number of hydrogen-bond acceptors (Lipinski definition) is 4. The molecule has 0 saturated carbocycles. The molecule has 6 heteroatoms. The highest BCUT2D eigenvalue weighted by molar-refractivity contribution is 5.97. The number of ether oxygens (including phenoxy) is 2. The van der Waals surface area contributed by atoms with Crippen molar-refractivity contribution in [2.75, 3.05) is 26.9 Å². The van der Waals surface area contributed by atoms with E-state index in [4.69, 9.17) is 9.47 Å². The lowest BCUT2D eigenvalue weighted by molar-refractivity contribution is 0.0944. The van der Waals surface area contributed by atoms with Crippen molar-refractivity contribution >= 4 is 16.9 Å². The largest absolute Gasteiger partial charge is 0.495 e. The number of benzene rings is 2. The highest BCUT2D eigenvalue weighted by Gasteiger charge is 2.15. The number of hydrogen-bond donors (Lipinski definition) is 1. The fourth-order valence-corrected chi connectivity index (χ4v) is 3.24. The Morgan fingerprint density at radius 2 is 2.00 bits per heavy atom. The summed E-state index contributed by atoms with van der Waals surface area (Å²) in [6.07, 6.45) is 0.794. The number of methoxy groups -OCH3 is 1. The normalized spacial score (nSPS) is 11.0. The van der Waals surface area contributed by atoms with Gasteiger partial charge in [0.1, 0.15) is 11.6 Å². The highest BCUT2D eigenvalue weighted by Crippen LogP contribution is 2.29. The second-order valence-electron chi connectivity index (χ2n) is 6.68. The maximum atomic E-state index is 12.4. The number of nitrogens with zero attached hydrogens (tertiary/aromatic N) is 2. The first-order valence-corrected chi connectivity index (χ1v) is 9.55. The third kappa shape index (κ3) is 4.17. The Hall–Kier alpha value is -2.86. The van der Waals surface area contributed by atoms with E-state index in [0.717, 1.165) is 40.3 Å². The number of carbonyl (C=O) groups is 1. The molecule has 0 saturated heterocycles. The third-order valence-electron chi connectivity index (χ3n) is 4.61. The van der Waals surface area contributed by atoms with E-state index >= 15 is 0 Å². The summed E-state index contributed by atoms with van der Waals surface area (Å²) in [6, 6.07) is 11.7. The van der Waals surface area contributed by atoms with Crippen LogP contribution in [0.15, 0.2) is 36.4 Å². The highest BCUT2D eigenvalue weighted by atomic mass is 16.5. The summed E-state index contributed by atoms with van der Waals surface area (Å²) in [4.78, 5) is 17.1. The zero-order valence-corrected chi connectivity index (χ0v) is 16.9. The van der Waals surface area contributed by atoms with Crippen LogP contribution >= 0.6 is 0 Å². The number of nitrogens with one attached hydrogen (secondary N) is 1. The number of fused-ring (bicyclic) bond motifs is 1. The van der Waals surface area contributed by atoms with Crippen LogP contribution in [0.3, 0.4) is 0 Å². The van der Waals surface area contributed by atoms with Crippen molar-refractivity contribution in [3.63, 3.8) is 0 Å². The molecule has 0 unspecified atom stereocenters. The molecule has 148 valence electrons. The first-order valence-electron chi connectivity index (χ1n) is 9.55. The van der Waals surface area contributed by atoms with Gasteiger partial charge in [-0.1, -0.05) is 6.07 Å². The summed E-state index contributed by atoms with van der Waals surface area (Å²) in [6.45, 7) is 7.89. The Labute approximate surface area is 165 Å². The predicted octanol–water partition coefficient (Wildman–Crippen LogP) is 3.81. The molecule has 3 aromatic rings. The van der Waals surface area contributed by atoms with Crippen LogP contribution in [0, 0.1) is 13.8 Å². The van der Waals surface area contributed by atoms with Gasteiger partial charge in [-0.2, -0.15) is 0 Å². The summed E-state index contributed by atoms with van der Waals surface area (Å²) < 4.78 is 12.9. The summed E-state index contributed by atoms with van der Waals surface area (Å²) in [5.41, 5.74) is 4.40. The van der Waals surface area contributed by atoms with Crippen LogP contribution in [0.5, 0.6) is 5.75 Å². The van der Waals surface area contributed by atoms with E-state index in [2.05, 4.69) is 20.9 Å². The fraction of sp³-hybridized carbons (Fsp3) is 0.364. The smallest absolute Gasteiger partial charge is 0.251 e. The van der Waals surface area contributed by atoms with E-state index in [9.17, 15) is 4.79 Å². The van der Waals surface area contributed by atoms with Crippen molar-refractivity contribution < 1.29 is 14.3 Å². The Kier molecular flexibility index (Phi) is 6.31. The molecule has 3 rings (SSSR count). The van der Waals surface area contributed by atoms with Crippen LogP contribution in [0.2, 0.25) is 0 Å². The van der Waals surface area contributed by atoms with E-state index in [0.29, 0.717) is 25.3 Å². The average Bonchev–Trinajstić information content (AvgIpc) is 3.02. The van der Waals surface area contributed by atoms with Gasteiger partial charge in [0.05, 0.1) is 23.8 Å². The van der Waals surface area contributed by atoms with Crippen molar-refractivity contribution in [2.45, 2.75) is 27.2 Å². The molecule has 6 nitrogen and oxygen atoms in total. The lowest BCUT2D eigenvalue weighted by atomic mass is 10.1. The molecule has 0 bridgehead atoms. The minimum Gasteiger partial charge on any atom is -0.495 e. The number of aryl methyl sites for hydroxylation is 2. The average molecular weight is 381 g/mol. The lowest BCUT2D eigenvalue weighted by Crippen LogP contribution is -2.25. The first kappa shape index (κ1) is 19.9. The molecule has 0 aliphatic rings. The van der Waals surface area contributed by atoms with Crippen LogP contribution in [0.1, 0.15) is 35.1 Å². The van der Waals surface area contributed by atoms with Gasteiger partial charge in [-0.15, -0.1) is 0 Å². The second kappa shape index (κ2) is 8.89. The predicted molar refractivity (Wildman–Crippen MR) is 111 cm³/mol. The van der Waals surface area contributed by atoms with Crippen LogP contribution in [0.4, 0.5) is 0 Å². The molecule has 0 spiro atoms. The lowest BCUT2D eigenvalue weighted by Gasteiger charge is -2.13. The fourth-order valence-electron chi connectivity index (χ4n) is 3.24. The van der Waals surface area contributed by atoms with Gasteiger partial charge < -0.3 is 14.8 Å². The number of rotatable bonds is 8. The van der Waals surface area contributed by atoms with E-state index in [1.54, 1.807) is 7.11 Å². The molecule has 1 aromatic heterocycles. The summed E-state index contributed by atoms with van der Waals surface area (Å²) in [7, 11) is 1.66. The van der Waals surface area contributed by atoms with Crippen molar-refractivity contribution in [3.05, 3.63) is 53.3 Å². The summed E-state index contributed by atoms with van der Waals surface area (Å²) in [5, 5.41) is 2.93. The minimum absolute atomic E-state index is 0.0984. The van der Waals surface area contributed by atoms with Gasteiger partial charge in [-0.05, 0) is 63.1 Å². The van der Waals surface area contributed by atoms with Gasteiger partial charge in [-0.25, -0.2) is 4.98 Å². The summed E-state index contributed by atoms with van der Waals surface area (Å²) in [5.74, 6) is 1.52. The Morgan fingerprint density at radius 3 is 2.75 bits per heavy atom. The zero-order chi connectivity index (χ0) is 20.1. The molecule has 1 N–H and O–H groups in total. The van der Waals surface area contributed by atoms with Crippen molar-refractivity contribution in [2.24, 2.45) is 0 Å². The quantitative estimate of drug-likeness (QED) is 0.603. The van der Waals surface area contributed by atoms with Gasteiger partial charge in [0.15, 0.2) is 0 Å². The monoisotopic (exact) mass is 381 g/mol. The van der Waals surface area contributed by atoms with E-state index < -0.39 is 0 Å². The molecule has 28 heavy (non-hydrogen) atoms. The standard InChI is InChI=1S/C22H27N3O3/c1-5-28-12-6-11-23-22(26)17-8-9-19-18(14-17)24-16(3)25(19)20-13-15(2)7-10-21(20)27-4/h7-10,13-14H,5-6,11-12H2,1-4H3,(H,23,26). The van der Waals surface area contributed by atoms with Gasteiger partial charge in [-0.3, -0.25) is 9.36 Å². The molecule has 0 atom stereocenters. The Bertz CT molecular complexity index is 979. The number of carbonyl (C=O) groups excluding carboxylic acids is 1. The SMILES string of the molecule is CCOCCCNC(=O)c1ccc2c(c1)nc(C)n2-c1cc(C)ccc1OC. The van der Waals surface area contributed by atoms with Gasteiger partial charge in [0.25, 0.3) is 5.91 Å². The third-order valence-corrected chi connectivity index (χ3v) is 4.61.